The van der Waals surface area contributed by atoms with Gasteiger partial charge in [-0.2, -0.15) is 11.8 Å². The summed E-state index contributed by atoms with van der Waals surface area (Å²) in [6.07, 6.45) is 1.81. The lowest BCUT2D eigenvalue weighted by molar-refractivity contribution is -0.119. The van der Waals surface area contributed by atoms with Gasteiger partial charge in [0.25, 0.3) is 0 Å². The Kier molecular flexibility index (Phi) is 8.52. The smallest absolute Gasteiger partial charge is 0.240 e. The van der Waals surface area contributed by atoms with E-state index < -0.39 is 10.0 Å². The highest BCUT2D eigenvalue weighted by Crippen LogP contribution is 2.21. The minimum atomic E-state index is -3.59. The molecule has 29 heavy (non-hydrogen) atoms. The van der Waals surface area contributed by atoms with Crippen molar-refractivity contribution in [3.63, 3.8) is 0 Å². The van der Waals surface area contributed by atoms with Crippen molar-refractivity contribution in [1.29, 1.82) is 0 Å². The van der Waals surface area contributed by atoms with Gasteiger partial charge in [0.2, 0.25) is 15.9 Å². The van der Waals surface area contributed by atoms with Gasteiger partial charge in [0.15, 0.2) is 0 Å². The monoisotopic (exact) mass is 438 g/mol. The van der Waals surface area contributed by atoms with Crippen LogP contribution in [0.15, 0.2) is 42.5 Å². The number of rotatable bonds is 10. The number of carbonyl (C=O) groups is 1. The molecule has 0 aliphatic rings. The summed E-state index contributed by atoms with van der Waals surface area (Å²) >= 11 is 1.59. The van der Waals surface area contributed by atoms with Crippen LogP contribution in [-0.4, -0.2) is 39.4 Å². The highest BCUT2D eigenvalue weighted by molar-refractivity contribution is 7.98. The first kappa shape index (κ1) is 23.2. The number of sulfonamides is 1. The number of hydrogen-bond acceptors (Lipinski definition) is 4. The maximum atomic E-state index is 13.6. The summed E-state index contributed by atoms with van der Waals surface area (Å²) in [6, 6.07) is 12.1. The third-order valence-corrected chi connectivity index (χ3v) is 6.42. The molecule has 0 spiro atoms. The number of carbonyl (C=O) groups excluding carboxylic acids is 1. The first-order valence-electron chi connectivity index (χ1n) is 9.30. The highest BCUT2D eigenvalue weighted by atomic mass is 32.2. The second kappa shape index (κ2) is 10.6. The number of benzene rings is 2. The van der Waals surface area contributed by atoms with E-state index in [1.807, 2.05) is 26.0 Å². The van der Waals surface area contributed by atoms with Crippen molar-refractivity contribution in [2.24, 2.45) is 0 Å². The Balaban J connectivity index is 1.81. The summed E-state index contributed by atoms with van der Waals surface area (Å²) in [5.41, 5.74) is 3.02. The Morgan fingerprint density at radius 2 is 1.79 bits per heavy atom. The Bertz CT molecular complexity index is 928. The maximum Gasteiger partial charge on any atom is 0.240 e. The van der Waals surface area contributed by atoms with Gasteiger partial charge >= 0.3 is 0 Å². The molecule has 2 aromatic rings. The molecule has 0 unspecified atom stereocenters. The van der Waals surface area contributed by atoms with E-state index in [0.29, 0.717) is 30.0 Å². The molecular formula is C21H27FN2O3S2. The molecule has 158 valence electrons. The average molecular weight is 439 g/mol. The van der Waals surface area contributed by atoms with Gasteiger partial charge in [-0.1, -0.05) is 24.3 Å². The van der Waals surface area contributed by atoms with Crippen LogP contribution in [0.5, 0.6) is 0 Å². The van der Waals surface area contributed by atoms with Gasteiger partial charge in [-0.15, -0.1) is 0 Å². The average Bonchev–Trinajstić information content (AvgIpc) is 2.62. The molecule has 0 aliphatic carbocycles. The van der Waals surface area contributed by atoms with Crippen molar-refractivity contribution in [3.8, 4) is 0 Å². The number of aryl methyl sites for hydroxylation is 2. The van der Waals surface area contributed by atoms with Crippen LogP contribution in [0.1, 0.15) is 23.1 Å². The van der Waals surface area contributed by atoms with Crippen LogP contribution >= 0.6 is 11.8 Å². The summed E-state index contributed by atoms with van der Waals surface area (Å²) < 4.78 is 39.0. The Morgan fingerprint density at radius 3 is 2.41 bits per heavy atom. The van der Waals surface area contributed by atoms with Crippen LogP contribution in [0.3, 0.4) is 0 Å². The molecule has 1 N–H and O–H groups in total. The Hall–Kier alpha value is -2.06. The molecule has 0 aromatic heterocycles. The van der Waals surface area contributed by atoms with E-state index >= 15 is 0 Å². The van der Waals surface area contributed by atoms with Crippen LogP contribution in [0.2, 0.25) is 0 Å². The van der Waals surface area contributed by atoms with Gasteiger partial charge in [-0.25, -0.2) is 12.8 Å². The number of thioether (sulfide) groups is 1. The van der Waals surface area contributed by atoms with E-state index in [1.54, 1.807) is 36.0 Å². The molecule has 0 atom stereocenters. The normalized spacial score (nSPS) is 11.3. The topological polar surface area (TPSA) is 66.5 Å². The largest absolute Gasteiger partial charge is 0.354 e. The van der Waals surface area contributed by atoms with Crippen LogP contribution in [-0.2, 0) is 20.6 Å². The molecule has 2 aromatic carbocycles. The van der Waals surface area contributed by atoms with Crippen molar-refractivity contribution >= 4 is 33.4 Å². The number of halogens is 1. The zero-order valence-corrected chi connectivity index (χ0v) is 18.6. The third-order valence-electron chi connectivity index (χ3n) is 4.19. The molecule has 1 amide bonds. The van der Waals surface area contributed by atoms with Crippen LogP contribution in [0.25, 0.3) is 0 Å². The molecule has 2 rings (SSSR count). The fourth-order valence-corrected chi connectivity index (χ4v) is 4.67. The number of amides is 1. The van der Waals surface area contributed by atoms with Gasteiger partial charge in [-0.05, 0) is 60.9 Å². The fourth-order valence-electron chi connectivity index (χ4n) is 2.88. The molecule has 0 fully saturated rings. The van der Waals surface area contributed by atoms with Gasteiger partial charge in [-0.3, -0.25) is 9.10 Å². The minimum absolute atomic E-state index is 0.208. The Morgan fingerprint density at radius 1 is 1.14 bits per heavy atom. The molecule has 0 aliphatic heterocycles. The minimum Gasteiger partial charge on any atom is -0.354 e. The van der Waals surface area contributed by atoms with Gasteiger partial charge in [0.05, 0.1) is 11.9 Å². The van der Waals surface area contributed by atoms with E-state index in [-0.39, 0.29) is 18.3 Å². The zero-order valence-electron chi connectivity index (χ0n) is 16.9. The van der Waals surface area contributed by atoms with Crippen molar-refractivity contribution in [2.45, 2.75) is 26.0 Å². The molecule has 5 nitrogen and oxygen atoms in total. The molecular weight excluding hydrogens is 411 g/mol. The molecule has 0 saturated carbocycles. The summed E-state index contributed by atoms with van der Waals surface area (Å²) in [5, 5.41) is 2.76. The number of nitrogens with zero attached hydrogens (tertiary/aromatic N) is 1. The van der Waals surface area contributed by atoms with Crippen LogP contribution in [0.4, 0.5) is 10.1 Å². The first-order chi connectivity index (χ1) is 13.7. The first-order valence-corrected chi connectivity index (χ1v) is 12.3. The molecule has 8 heteroatoms. The molecule has 0 radical (unpaired) electrons. The lowest BCUT2D eigenvalue weighted by atomic mass is 10.1. The van der Waals surface area contributed by atoms with Crippen molar-refractivity contribution in [3.05, 3.63) is 65.0 Å². The quantitative estimate of drug-likeness (QED) is 0.575. The Labute approximate surface area is 176 Å². The zero-order chi connectivity index (χ0) is 21.4. The van der Waals surface area contributed by atoms with Crippen molar-refractivity contribution in [2.75, 3.05) is 29.4 Å². The number of hydrogen-bond donors (Lipinski definition) is 1. The number of nitrogens with one attached hydrogen (secondary N) is 1. The van der Waals surface area contributed by atoms with Crippen LogP contribution < -0.4 is 9.62 Å². The maximum absolute atomic E-state index is 13.6. The standard InChI is InChI=1S/C21H27FN2O3S2/c1-16-11-17(2)13-19(12-16)24(29(3,26)27)14-21(25)23-9-6-10-28-15-18-7-4-5-8-20(18)22/h4-5,7-8,11-13H,6,9-10,14-15H2,1-3H3,(H,23,25). The van der Waals surface area contributed by atoms with Gasteiger partial charge in [0.1, 0.15) is 12.4 Å². The predicted octanol–water partition coefficient (Wildman–Crippen LogP) is 3.65. The SMILES string of the molecule is Cc1cc(C)cc(N(CC(=O)NCCCSCc2ccccc2F)S(C)(=O)=O)c1. The summed E-state index contributed by atoms with van der Waals surface area (Å²) in [5.74, 6) is 0.783. The molecule has 0 saturated heterocycles. The lowest BCUT2D eigenvalue weighted by Gasteiger charge is -2.22. The summed E-state index contributed by atoms with van der Waals surface area (Å²) in [6.45, 7) is 3.95. The molecule has 0 bridgehead atoms. The van der Waals surface area contributed by atoms with E-state index in [9.17, 15) is 17.6 Å². The summed E-state index contributed by atoms with van der Waals surface area (Å²) in [4.78, 5) is 12.3. The van der Waals surface area contributed by atoms with Crippen molar-refractivity contribution < 1.29 is 17.6 Å². The second-order valence-corrected chi connectivity index (χ2v) is 9.98. The van der Waals surface area contributed by atoms with E-state index in [1.165, 1.54) is 6.07 Å². The van der Waals surface area contributed by atoms with E-state index in [4.69, 9.17) is 0 Å². The fraction of sp³-hybridized carbons (Fsp3) is 0.381. The highest BCUT2D eigenvalue weighted by Gasteiger charge is 2.21. The van der Waals surface area contributed by atoms with Crippen molar-refractivity contribution in [1.82, 2.24) is 5.32 Å². The molecule has 0 heterocycles. The van der Waals surface area contributed by atoms with E-state index in [2.05, 4.69) is 5.32 Å². The van der Waals surface area contributed by atoms with Gasteiger partial charge in [0, 0.05) is 12.3 Å². The second-order valence-electron chi connectivity index (χ2n) is 6.96. The summed E-state index contributed by atoms with van der Waals surface area (Å²) in [7, 11) is -3.59. The van der Waals surface area contributed by atoms with Crippen LogP contribution in [0, 0.1) is 19.7 Å². The third kappa shape index (κ3) is 7.70. The predicted molar refractivity (Wildman–Crippen MR) is 118 cm³/mol. The number of anilines is 1. The van der Waals surface area contributed by atoms with Gasteiger partial charge < -0.3 is 5.32 Å². The lowest BCUT2D eigenvalue weighted by Crippen LogP contribution is -2.40. The van der Waals surface area contributed by atoms with E-state index in [0.717, 1.165) is 27.4 Å².